The molecule has 0 saturated heterocycles. The topological polar surface area (TPSA) is 70.3 Å². The maximum absolute atomic E-state index is 12.7. The fourth-order valence-corrected chi connectivity index (χ4v) is 1.52. The molecule has 1 aromatic carbocycles. The van der Waals surface area contributed by atoms with E-state index in [2.05, 4.69) is 4.74 Å². The predicted octanol–water partition coefficient (Wildman–Crippen LogP) is 2.39. The smallest absolute Gasteiger partial charge is 0.421 e. The van der Waals surface area contributed by atoms with Gasteiger partial charge in [-0.3, -0.25) is 4.79 Å². The number of ether oxygens (including phenoxy) is 1. The van der Waals surface area contributed by atoms with Crippen molar-refractivity contribution in [2.45, 2.75) is 19.5 Å². The largest absolute Gasteiger partial charge is 0.507 e. The molecule has 7 heteroatoms. The second-order valence-electron chi connectivity index (χ2n) is 3.59. The van der Waals surface area contributed by atoms with Gasteiger partial charge in [0.1, 0.15) is 11.3 Å². The number of carbonyl (C=O) groups excluding carboxylic acids is 1. The fraction of sp³-hybridized carbons (Fsp3) is 0.333. The molecule has 1 rings (SSSR count). The minimum Gasteiger partial charge on any atom is -0.507 e. The Kier molecular flexibility index (Phi) is 4.38. The van der Waals surface area contributed by atoms with Gasteiger partial charge in [0.2, 0.25) is 0 Å². The van der Waals surface area contributed by atoms with Gasteiger partial charge in [-0.2, -0.15) is 18.4 Å². The molecular formula is C12H10F3NO3. The van der Waals surface area contributed by atoms with Crippen LogP contribution in [-0.2, 0) is 22.1 Å². The van der Waals surface area contributed by atoms with Crippen LogP contribution in [0.5, 0.6) is 5.75 Å². The molecule has 0 fully saturated rings. The van der Waals surface area contributed by atoms with E-state index < -0.39 is 35.4 Å². The highest BCUT2D eigenvalue weighted by molar-refractivity contribution is 5.74. The lowest BCUT2D eigenvalue weighted by molar-refractivity contribution is -0.143. The van der Waals surface area contributed by atoms with Crippen LogP contribution in [0.4, 0.5) is 13.2 Å². The van der Waals surface area contributed by atoms with E-state index in [0.717, 1.165) is 12.1 Å². The molecular weight excluding hydrogens is 263 g/mol. The summed E-state index contributed by atoms with van der Waals surface area (Å²) in [6.45, 7) is 1.64. The second-order valence-corrected chi connectivity index (χ2v) is 3.59. The highest BCUT2D eigenvalue weighted by atomic mass is 19.4. The molecule has 0 unspecified atom stereocenters. The van der Waals surface area contributed by atoms with Crippen LogP contribution in [0, 0.1) is 11.3 Å². The van der Waals surface area contributed by atoms with E-state index in [1.807, 2.05) is 0 Å². The van der Waals surface area contributed by atoms with Gasteiger partial charge in [0.15, 0.2) is 0 Å². The maximum atomic E-state index is 12.7. The van der Waals surface area contributed by atoms with Crippen LogP contribution in [0.1, 0.15) is 23.6 Å². The SMILES string of the molecule is CCOC(=O)Cc1ccc(C#N)c(C(F)(F)F)c1O. The molecule has 19 heavy (non-hydrogen) atoms. The Balaban J connectivity index is 3.25. The van der Waals surface area contributed by atoms with Crippen molar-refractivity contribution in [3.8, 4) is 11.8 Å². The first-order valence-electron chi connectivity index (χ1n) is 5.29. The Bertz CT molecular complexity index is 532. The number of nitrogens with zero attached hydrogens (tertiary/aromatic N) is 1. The molecule has 0 aliphatic heterocycles. The Hall–Kier alpha value is -2.23. The summed E-state index contributed by atoms with van der Waals surface area (Å²) in [7, 11) is 0. The average Bonchev–Trinajstić information content (AvgIpc) is 2.30. The number of carbonyl (C=O) groups is 1. The summed E-state index contributed by atoms with van der Waals surface area (Å²) in [5.41, 5.74) is -2.36. The van der Waals surface area contributed by atoms with Gasteiger partial charge in [0.05, 0.1) is 24.7 Å². The number of esters is 1. The van der Waals surface area contributed by atoms with Crippen LogP contribution < -0.4 is 0 Å². The second kappa shape index (κ2) is 5.61. The number of phenols is 1. The fourth-order valence-electron chi connectivity index (χ4n) is 1.52. The number of halogens is 3. The monoisotopic (exact) mass is 273 g/mol. The Morgan fingerprint density at radius 2 is 2.11 bits per heavy atom. The van der Waals surface area contributed by atoms with Crippen molar-refractivity contribution in [3.63, 3.8) is 0 Å². The van der Waals surface area contributed by atoms with Crippen molar-refractivity contribution < 1.29 is 27.8 Å². The first-order valence-corrected chi connectivity index (χ1v) is 5.29. The number of hydrogen-bond donors (Lipinski definition) is 1. The number of alkyl halides is 3. The van der Waals surface area contributed by atoms with Crippen molar-refractivity contribution in [2.24, 2.45) is 0 Å². The van der Waals surface area contributed by atoms with Gasteiger partial charge in [-0.1, -0.05) is 6.07 Å². The van der Waals surface area contributed by atoms with Gasteiger partial charge in [-0.25, -0.2) is 0 Å². The van der Waals surface area contributed by atoms with Gasteiger partial charge in [-0.05, 0) is 13.0 Å². The molecule has 4 nitrogen and oxygen atoms in total. The minimum atomic E-state index is -4.88. The molecule has 102 valence electrons. The van der Waals surface area contributed by atoms with Crippen LogP contribution in [0.3, 0.4) is 0 Å². The lowest BCUT2D eigenvalue weighted by Gasteiger charge is -2.13. The zero-order valence-electron chi connectivity index (χ0n) is 9.91. The molecule has 0 aliphatic carbocycles. The van der Waals surface area contributed by atoms with Gasteiger partial charge in [0, 0.05) is 5.56 Å². The third-order valence-corrected chi connectivity index (χ3v) is 2.31. The third-order valence-electron chi connectivity index (χ3n) is 2.31. The molecule has 0 amide bonds. The molecule has 0 spiro atoms. The molecule has 0 aliphatic rings. The van der Waals surface area contributed by atoms with E-state index >= 15 is 0 Å². The zero-order chi connectivity index (χ0) is 14.6. The lowest BCUT2D eigenvalue weighted by atomic mass is 10.0. The molecule has 0 heterocycles. The Labute approximate surface area is 107 Å². The summed E-state index contributed by atoms with van der Waals surface area (Å²) in [5, 5.41) is 18.2. The van der Waals surface area contributed by atoms with Crippen molar-refractivity contribution in [3.05, 3.63) is 28.8 Å². The van der Waals surface area contributed by atoms with Crippen LogP contribution >= 0.6 is 0 Å². The number of rotatable bonds is 3. The van der Waals surface area contributed by atoms with Crippen LogP contribution in [-0.4, -0.2) is 17.7 Å². The molecule has 1 N–H and O–H groups in total. The number of aromatic hydroxyl groups is 1. The summed E-state index contributed by atoms with van der Waals surface area (Å²) in [6, 6.07) is 3.36. The molecule has 0 aromatic heterocycles. The number of hydrogen-bond acceptors (Lipinski definition) is 4. The van der Waals surface area contributed by atoms with Crippen LogP contribution in [0.25, 0.3) is 0 Å². The number of benzene rings is 1. The van der Waals surface area contributed by atoms with Crippen LogP contribution in [0.2, 0.25) is 0 Å². The molecule has 0 radical (unpaired) electrons. The molecule has 0 atom stereocenters. The van der Waals surface area contributed by atoms with Gasteiger partial charge in [-0.15, -0.1) is 0 Å². The first kappa shape index (κ1) is 14.8. The molecule has 0 bridgehead atoms. The van der Waals surface area contributed by atoms with Crippen molar-refractivity contribution in [1.82, 2.24) is 0 Å². The first-order chi connectivity index (χ1) is 8.81. The number of nitriles is 1. The van der Waals surface area contributed by atoms with Gasteiger partial charge in [0.25, 0.3) is 0 Å². The van der Waals surface area contributed by atoms with Gasteiger partial charge >= 0.3 is 12.1 Å². The summed E-state index contributed by atoms with van der Waals surface area (Å²) >= 11 is 0. The quantitative estimate of drug-likeness (QED) is 0.858. The number of phenolic OH excluding ortho intramolecular Hbond substituents is 1. The summed E-state index contributed by atoms with van der Waals surface area (Å²) in [5.74, 6) is -1.87. The standard InChI is InChI=1S/C12H10F3NO3/c1-2-19-9(17)5-7-3-4-8(6-16)10(11(7)18)12(13,14)15/h3-4,18H,2,5H2,1H3. The third kappa shape index (κ3) is 3.37. The molecule has 1 aromatic rings. The van der Waals surface area contributed by atoms with Crippen molar-refractivity contribution >= 4 is 5.97 Å². The normalized spacial score (nSPS) is 10.9. The van der Waals surface area contributed by atoms with E-state index in [4.69, 9.17) is 5.26 Å². The lowest BCUT2D eigenvalue weighted by Crippen LogP contribution is -2.12. The van der Waals surface area contributed by atoms with Crippen LogP contribution in [0.15, 0.2) is 12.1 Å². The van der Waals surface area contributed by atoms with Gasteiger partial charge < -0.3 is 9.84 Å². The average molecular weight is 273 g/mol. The highest BCUT2D eigenvalue weighted by Crippen LogP contribution is 2.40. The minimum absolute atomic E-state index is 0.0853. The maximum Gasteiger partial charge on any atom is 0.421 e. The summed E-state index contributed by atoms with van der Waals surface area (Å²) in [6.07, 6.45) is -5.37. The van der Waals surface area contributed by atoms with E-state index in [9.17, 15) is 23.1 Å². The van der Waals surface area contributed by atoms with Crippen molar-refractivity contribution in [1.29, 1.82) is 5.26 Å². The van der Waals surface area contributed by atoms with E-state index in [1.165, 1.54) is 6.07 Å². The van der Waals surface area contributed by atoms with E-state index in [-0.39, 0.29) is 12.2 Å². The molecule has 0 saturated carbocycles. The Morgan fingerprint density at radius 1 is 1.47 bits per heavy atom. The zero-order valence-corrected chi connectivity index (χ0v) is 9.91. The van der Waals surface area contributed by atoms with E-state index in [1.54, 1.807) is 6.92 Å². The Morgan fingerprint density at radius 3 is 2.58 bits per heavy atom. The van der Waals surface area contributed by atoms with Crippen molar-refractivity contribution in [2.75, 3.05) is 6.61 Å². The predicted molar refractivity (Wildman–Crippen MR) is 58.2 cm³/mol. The van der Waals surface area contributed by atoms with E-state index in [0.29, 0.717) is 0 Å². The highest BCUT2D eigenvalue weighted by Gasteiger charge is 2.38. The summed E-state index contributed by atoms with van der Waals surface area (Å²) < 4.78 is 42.8. The summed E-state index contributed by atoms with van der Waals surface area (Å²) in [4.78, 5) is 11.2.